The maximum Gasteiger partial charge on any atom is 0.250 e. The molecule has 0 unspecified atom stereocenters. The van der Waals surface area contributed by atoms with Gasteiger partial charge in [0.15, 0.2) is 10.7 Å². The van der Waals surface area contributed by atoms with E-state index >= 15 is 0 Å². The summed E-state index contributed by atoms with van der Waals surface area (Å²) in [5.74, 6) is 1.09. The molecule has 10 heteroatoms. The fourth-order valence-electron chi connectivity index (χ4n) is 3.78. The quantitative estimate of drug-likeness (QED) is 0.160. The summed E-state index contributed by atoms with van der Waals surface area (Å²) in [6.45, 7) is 1.91. The standard InChI is InChI=1S/C28H18Cl3N3O3S/c1-15-21(27-32-23-14-17(29)5-8-25(23)37-27)3-2-4-22(15)33-28(38)34-26(35)10-7-20-6-9-24(36-20)16-11-18(30)13-19(31)12-16/h2-14H,1H3,(H2,33,34,35,38)/b10-7+. The number of anilines is 1. The number of halogens is 3. The lowest BCUT2D eigenvalue weighted by Gasteiger charge is -2.12. The molecule has 5 rings (SSSR count). The number of furan rings is 1. The molecule has 1 amide bonds. The van der Waals surface area contributed by atoms with Gasteiger partial charge < -0.3 is 14.2 Å². The summed E-state index contributed by atoms with van der Waals surface area (Å²) in [5, 5.41) is 7.41. The van der Waals surface area contributed by atoms with E-state index in [1.165, 1.54) is 6.08 Å². The second-order valence-corrected chi connectivity index (χ2v) is 9.96. The van der Waals surface area contributed by atoms with Crippen molar-refractivity contribution in [1.29, 1.82) is 0 Å². The lowest BCUT2D eigenvalue weighted by molar-refractivity contribution is -0.115. The Morgan fingerprint density at radius 2 is 1.74 bits per heavy atom. The van der Waals surface area contributed by atoms with Crippen LogP contribution >= 0.6 is 47.0 Å². The summed E-state index contributed by atoms with van der Waals surface area (Å²) in [6, 6.07) is 19.5. The molecule has 2 heterocycles. The van der Waals surface area contributed by atoms with Gasteiger partial charge in [-0.25, -0.2) is 4.98 Å². The average Bonchev–Trinajstić information content (AvgIpc) is 3.50. The normalized spacial score (nSPS) is 11.3. The predicted octanol–water partition coefficient (Wildman–Crippen LogP) is 8.55. The van der Waals surface area contributed by atoms with Crippen LogP contribution < -0.4 is 10.6 Å². The lowest BCUT2D eigenvalue weighted by atomic mass is 10.1. The number of oxazole rings is 1. The summed E-state index contributed by atoms with van der Waals surface area (Å²) >= 11 is 23.5. The maximum atomic E-state index is 12.4. The van der Waals surface area contributed by atoms with Crippen LogP contribution in [-0.2, 0) is 4.79 Å². The number of rotatable bonds is 5. The molecule has 2 N–H and O–H groups in total. The first-order valence-electron chi connectivity index (χ1n) is 11.3. The van der Waals surface area contributed by atoms with Crippen LogP contribution in [0.1, 0.15) is 11.3 Å². The molecule has 0 aliphatic heterocycles. The van der Waals surface area contributed by atoms with Gasteiger partial charge in [0.1, 0.15) is 17.0 Å². The van der Waals surface area contributed by atoms with Crippen molar-refractivity contribution in [2.45, 2.75) is 6.92 Å². The van der Waals surface area contributed by atoms with E-state index in [9.17, 15) is 4.79 Å². The number of thiocarbonyl (C=S) groups is 1. The van der Waals surface area contributed by atoms with Gasteiger partial charge in [-0.1, -0.05) is 40.9 Å². The van der Waals surface area contributed by atoms with E-state index in [1.54, 1.807) is 54.6 Å². The number of carbonyl (C=O) groups excluding carboxylic acids is 1. The highest BCUT2D eigenvalue weighted by Gasteiger charge is 2.14. The van der Waals surface area contributed by atoms with E-state index < -0.39 is 5.91 Å². The zero-order valence-electron chi connectivity index (χ0n) is 19.7. The van der Waals surface area contributed by atoms with Crippen molar-refractivity contribution in [2.75, 3.05) is 5.32 Å². The van der Waals surface area contributed by atoms with Crippen molar-refractivity contribution in [3.8, 4) is 22.8 Å². The molecule has 3 aromatic carbocycles. The number of nitrogens with zero attached hydrogens (tertiary/aromatic N) is 1. The van der Waals surface area contributed by atoms with Crippen LogP contribution in [-0.4, -0.2) is 16.0 Å². The first kappa shape index (κ1) is 26.0. The van der Waals surface area contributed by atoms with Crippen LogP contribution in [0.2, 0.25) is 15.1 Å². The molecular formula is C28H18Cl3N3O3S. The third-order valence-electron chi connectivity index (χ3n) is 5.57. The van der Waals surface area contributed by atoms with Crippen LogP contribution in [0.5, 0.6) is 0 Å². The number of aromatic nitrogens is 1. The van der Waals surface area contributed by atoms with Gasteiger partial charge >= 0.3 is 0 Å². The Morgan fingerprint density at radius 1 is 0.947 bits per heavy atom. The minimum absolute atomic E-state index is 0.137. The van der Waals surface area contributed by atoms with Gasteiger partial charge in [0.05, 0.1) is 0 Å². The number of fused-ring (bicyclic) bond motifs is 1. The van der Waals surface area contributed by atoms with Crippen LogP contribution in [0, 0.1) is 6.92 Å². The first-order chi connectivity index (χ1) is 18.2. The zero-order valence-corrected chi connectivity index (χ0v) is 22.8. The van der Waals surface area contributed by atoms with Gasteiger partial charge in [0, 0.05) is 38.0 Å². The number of hydrogen-bond acceptors (Lipinski definition) is 5. The number of amides is 1. The Hall–Kier alpha value is -3.62. The van der Waals surface area contributed by atoms with Gasteiger partial charge in [-0.3, -0.25) is 10.1 Å². The van der Waals surface area contributed by atoms with Gasteiger partial charge in [0.2, 0.25) is 11.8 Å². The highest BCUT2D eigenvalue weighted by Crippen LogP contribution is 2.32. The molecule has 0 spiro atoms. The highest BCUT2D eigenvalue weighted by molar-refractivity contribution is 7.80. The Labute approximate surface area is 238 Å². The molecule has 6 nitrogen and oxygen atoms in total. The van der Waals surface area contributed by atoms with Crippen molar-refractivity contribution in [3.05, 3.63) is 99.2 Å². The maximum absolute atomic E-state index is 12.4. The zero-order chi connectivity index (χ0) is 26.8. The third kappa shape index (κ3) is 5.92. The van der Waals surface area contributed by atoms with E-state index in [2.05, 4.69) is 15.6 Å². The molecule has 5 aromatic rings. The molecule has 2 aromatic heterocycles. The number of nitrogens with one attached hydrogen (secondary N) is 2. The molecule has 0 aliphatic carbocycles. The highest BCUT2D eigenvalue weighted by atomic mass is 35.5. The number of benzene rings is 3. The lowest BCUT2D eigenvalue weighted by Crippen LogP contribution is -2.33. The van der Waals surface area contributed by atoms with E-state index in [4.69, 9.17) is 55.9 Å². The minimum atomic E-state index is -0.420. The van der Waals surface area contributed by atoms with Gasteiger partial charge in [-0.15, -0.1) is 0 Å². The second-order valence-electron chi connectivity index (χ2n) is 8.25. The van der Waals surface area contributed by atoms with E-state index in [1.807, 2.05) is 25.1 Å². The van der Waals surface area contributed by atoms with Crippen LogP contribution in [0.25, 0.3) is 40.0 Å². The summed E-state index contributed by atoms with van der Waals surface area (Å²) in [7, 11) is 0. The van der Waals surface area contributed by atoms with Crippen molar-refractivity contribution in [2.24, 2.45) is 0 Å². The van der Waals surface area contributed by atoms with Gasteiger partial charge in [-0.05, 0) is 91.4 Å². The Bertz CT molecular complexity index is 1700. The van der Waals surface area contributed by atoms with Crippen LogP contribution in [0.3, 0.4) is 0 Å². The molecule has 0 saturated heterocycles. The molecule has 0 radical (unpaired) electrons. The molecule has 190 valence electrons. The fourth-order valence-corrected chi connectivity index (χ4v) is 4.68. The summed E-state index contributed by atoms with van der Waals surface area (Å²) in [5.41, 5.74) is 4.37. The summed E-state index contributed by atoms with van der Waals surface area (Å²) in [4.78, 5) is 17.0. The van der Waals surface area contributed by atoms with Crippen molar-refractivity contribution < 1.29 is 13.6 Å². The van der Waals surface area contributed by atoms with Gasteiger partial charge in [-0.2, -0.15) is 0 Å². The molecule has 0 bridgehead atoms. The SMILES string of the molecule is Cc1c(NC(=S)NC(=O)/C=C/c2ccc(-c3cc(Cl)cc(Cl)c3)o2)cccc1-c1nc2cc(Cl)ccc2o1. The summed E-state index contributed by atoms with van der Waals surface area (Å²) < 4.78 is 11.7. The molecule has 38 heavy (non-hydrogen) atoms. The smallest absolute Gasteiger partial charge is 0.250 e. The first-order valence-corrected chi connectivity index (χ1v) is 12.8. The molecule has 0 aliphatic rings. The van der Waals surface area contributed by atoms with Crippen molar-refractivity contribution in [3.63, 3.8) is 0 Å². The Kier molecular flexibility index (Phi) is 7.53. The monoisotopic (exact) mass is 581 g/mol. The van der Waals surface area contributed by atoms with E-state index in [0.717, 1.165) is 16.7 Å². The van der Waals surface area contributed by atoms with E-state index in [0.29, 0.717) is 49.3 Å². The van der Waals surface area contributed by atoms with E-state index in [-0.39, 0.29) is 5.11 Å². The molecule has 0 atom stereocenters. The topological polar surface area (TPSA) is 80.3 Å². The second kappa shape index (κ2) is 11.0. The van der Waals surface area contributed by atoms with Crippen LogP contribution in [0.4, 0.5) is 5.69 Å². The molecular weight excluding hydrogens is 565 g/mol. The molecule has 0 fully saturated rings. The summed E-state index contributed by atoms with van der Waals surface area (Å²) in [6.07, 6.45) is 2.87. The minimum Gasteiger partial charge on any atom is -0.457 e. The van der Waals surface area contributed by atoms with Crippen molar-refractivity contribution >= 4 is 80.9 Å². The average molecular weight is 583 g/mol. The largest absolute Gasteiger partial charge is 0.457 e. The van der Waals surface area contributed by atoms with Gasteiger partial charge in [0.25, 0.3) is 0 Å². The third-order valence-corrected chi connectivity index (χ3v) is 6.45. The molecule has 0 saturated carbocycles. The Balaban J connectivity index is 1.24. The van der Waals surface area contributed by atoms with Crippen LogP contribution in [0.15, 0.2) is 81.6 Å². The fraction of sp³-hybridized carbons (Fsp3) is 0.0357. The number of hydrogen-bond donors (Lipinski definition) is 2. The predicted molar refractivity (Wildman–Crippen MR) is 157 cm³/mol. The Morgan fingerprint density at radius 3 is 2.53 bits per heavy atom. The van der Waals surface area contributed by atoms with Crippen molar-refractivity contribution in [1.82, 2.24) is 10.3 Å². The number of carbonyl (C=O) groups is 1.